The molecule has 0 aromatic heterocycles. The molecule has 1 atom stereocenters. The summed E-state index contributed by atoms with van der Waals surface area (Å²) >= 11 is 0. The van der Waals surface area contributed by atoms with E-state index < -0.39 is 0 Å². The van der Waals surface area contributed by atoms with Gasteiger partial charge in [-0.1, -0.05) is 32.6 Å². The summed E-state index contributed by atoms with van der Waals surface area (Å²) in [5.41, 5.74) is 5.84. The zero-order chi connectivity index (χ0) is 9.52. The lowest BCUT2D eigenvalue weighted by Crippen LogP contribution is -2.27. The third-order valence-electron chi connectivity index (χ3n) is 2.83. The molecule has 0 aromatic rings. The molecule has 1 aliphatic heterocycles. The number of hydrogen-bond donors (Lipinski definition) is 1. The van der Waals surface area contributed by atoms with Gasteiger partial charge in [0.15, 0.2) is 0 Å². The van der Waals surface area contributed by atoms with Gasteiger partial charge in [0.25, 0.3) is 0 Å². The van der Waals surface area contributed by atoms with Crippen molar-refractivity contribution in [1.29, 1.82) is 0 Å². The van der Waals surface area contributed by atoms with Crippen molar-refractivity contribution in [3.63, 3.8) is 0 Å². The van der Waals surface area contributed by atoms with Crippen LogP contribution in [0.3, 0.4) is 0 Å². The van der Waals surface area contributed by atoms with Gasteiger partial charge in [0.05, 0.1) is 5.84 Å². The molecule has 0 bridgehead atoms. The first-order chi connectivity index (χ1) is 6.34. The minimum atomic E-state index is 0.602. The van der Waals surface area contributed by atoms with Crippen molar-refractivity contribution in [2.24, 2.45) is 16.6 Å². The smallest absolute Gasteiger partial charge is 0.0968 e. The quantitative estimate of drug-likeness (QED) is 0.652. The predicted molar refractivity (Wildman–Crippen MR) is 58.0 cm³/mol. The van der Waals surface area contributed by atoms with Gasteiger partial charge in [-0.15, -0.1) is 0 Å². The summed E-state index contributed by atoms with van der Waals surface area (Å²) < 4.78 is 0. The topological polar surface area (TPSA) is 38.4 Å². The van der Waals surface area contributed by atoms with E-state index in [1.54, 1.807) is 0 Å². The molecular formula is C11H22N2. The molecule has 1 aliphatic rings. The van der Waals surface area contributed by atoms with E-state index in [0.717, 1.165) is 12.4 Å². The minimum absolute atomic E-state index is 0.602. The van der Waals surface area contributed by atoms with Gasteiger partial charge in [-0.2, -0.15) is 0 Å². The van der Waals surface area contributed by atoms with E-state index in [4.69, 9.17) is 5.73 Å². The molecule has 2 N–H and O–H groups in total. The average Bonchev–Trinajstić information content (AvgIpc) is 2.15. The first kappa shape index (κ1) is 10.6. The Bertz CT molecular complexity index is 163. The highest BCUT2D eigenvalue weighted by molar-refractivity contribution is 5.83. The summed E-state index contributed by atoms with van der Waals surface area (Å²) in [6.07, 6.45) is 9.13. The summed E-state index contributed by atoms with van der Waals surface area (Å²) in [5, 5.41) is 0. The van der Waals surface area contributed by atoms with Crippen molar-refractivity contribution in [2.45, 2.75) is 51.9 Å². The van der Waals surface area contributed by atoms with E-state index in [2.05, 4.69) is 11.9 Å². The maximum atomic E-state index is 5.84. The average molecular weight is 182 g/mol. The highest BCUT2D eigenvalue weighted by Gasteiger charge is 2.15. The van der Waals surface area contributed by atoms with Crippen molar-refractivity contribution >= 4 is 5.84 Å². The van der Waals surface area contributed by atoms with Crippen LogP contribution in [0.25, 0.3) is 0 Å². The number of nitrogens with zero attached hydrogens (tertiary/aromatic N) is 1. The first-order valence-corrected chi connectivity index (χ1v) is 5.64. The van der Waals surface area contributed by atoms with Crippen LogP contribution in [0.15, 0.2) is 4.99 Å². The van der Waals surface area contributed by atoms with Crippen LogP contribution in [0.5, 0.6) is 0 Å². The Morgan fingerprint density at radius 3 is 2.92 bits per heavy atom. The zero-order valence-corrected chi connectivity index (χ0v) is 8.76. The fraction of sp³-hybridized carbons (Fsp3) is 0.909. The second-order valence-corrected chi connectivity index (χ2v) is 4.00. The lowest BCUT2D eigenvalue weighted by atomic mass is 9.93. The molecule has 76 valence electrons. The molecule has 0 aromatic carbocycles. The van der Waals surface area contributed by atoms with Crippen LogP contribution >= 0.6 is 0 Å². The van der Waals surface area contributed by atoms with Gasteiger partial charge >= 0.3 is 0 Å². The molecule has 2 heteroatoms. The third-order valence-corrected chi connectivity index (χ3v) is 2.83. The second kappa shape index (κ2) is 6.01. The maximum absolute atomic E-state index is 5.84. The fourth-order valence-corrected chi connectivity index (χ4v) is 1.93. The summed E-state index contributed by atoms with van der Waals surface area (Å²) in [7, 11) is 0. The molecule has 13 heavy (non-hydrogen) atoms. The normalized spacial score (nSPS) is 22.8. The Balaban J connectivity index is 2.13. The van der Waals surface area contributed by atoms with Crippen LogP contribution in [-0.4, -0.2) is 12.4 Å². The van der Waals surface area contributed by atoms with Crippen LogP contribution in [0, 0.1) is 5.92 Å². The summed E-state index contributed by atoms with van der Waals surface area (Å²) in [6, 6.07) is 0. The van der Waals surface area contributed by atoms with Gasteiger partial charge in [-0.25, -0.2) is 0 Å². The van der Waals surface area contributed by atoms with Gasteiger partial charge in [0.2, 0.25) is 0 Å². The van der Waals surface area contributed by atoms with Crippen LogP contribution < -0.4 is 5.73 Å². The molecule has 0 saturated carbocycles. The molecule has 0 aliphatic carbocycles. The van der Waals surface area contributed by atoms with E-state index in [1.807, 2.05) is 0 Å². The second-order valence-electron chi connectivity index (χ2n) is 4.00. The van der Waals surface area contributed by atoms with Crippen LogP contribution in [-0.2, 0) is 0 Å². The molecule has 2 nitrogen and oxygen atoms in total. The van der Waals surface area contributed by atoms with E-state index in [0.29, 0.717) is 5.92 Å². The Morgan fingerprint density at radius 1 is 1.38 bits per heavy atom. The first-order valence-electron chi connectivity index (χ1n) is 5.64. The SMILES string of the molecule is CCCCCCC1CCCN=C1N. The van der Waals surface area contributed by atoms with Gasteiger partial charge in [0.1, 0.15) is 0 Å². The van der Waals surface area contributed by atoms with Gasteiger partial charge in [-0.05, 0) is 19.3 Å². The molecule has 0 fully saturated rings. The highest BCUT2D eigenvalue weighted by Crippen LogP contribution is 2.19. The largest absolute Gasteiger partial charge is 0.387 e. The molecule has 0 saturated heterocycles. The lowest BCUT2D eigenvalue weighted by Gasteiger charge is -2.19. The predicted octanol–water partition coefficient (Wildman–Crippen LogP) is 2.72. The van der Waals surface area contributed by atoms with Gasteiger partial charge in [0, 0.05) is 12.5 Å². The van der Waals surface area contributed by atoms with Crippen molar-refractivity contribution in [3.05, 3.63) is 0 Å². The monoisotopic (exact) mass is 182 g/mol. The molecular weight excluding hydrogens is 160 g/mol. The van der Waals surface area contributed by atoms with E-state index in [1.165, 1.54) is 44.9 Å². The lowest BCUT2D eigenvalue weighted by molar-refractivity contribution is 0.492. The number of rotatable bonds is 5. The van der Waals surface area contributed by atoms with E-state index >= 15 is 0 Å². The molecule has 0 radical (unpaired) electrons. The van der Waals surface area contributed by atoms with Crippen molar-refractivity contribution in [1.82, 2.24) is 0 Å². The molecule has 1 rings (SSSR count). The highest BCUT2D eigenvalue weighted by atomic mass is 14.9. The van der Waals surface area contributed by atoms with Crippen molar-refractivity contribution in [3.8, 4) is 0 Å². The molecule has 0 amide bonds. The van der Waals surface area contributed by atoms with E-state index in [9.17, 15) is 0 Å². The third kappa shape index (κ3) is 3.79. The number of nitrogens with two attached hydrogens (primary N) is 1. The number of unbranched alkanes of at least 4 members (excludes halogenated alkanes) is 3. The Hall–Kier alpha value is -0.530. The summed E-state index contributed by atoms with van der Waals surface area (Å²) in [6.45, 7) is 3.20. The molecule has 0 spiro atoms. The fourth-order valence-electron chi connectivity index (χ4n) is 1.93. The van der Waals surface area contributed by atoms with Gasteiger partial charge < -0.3 is 5.73 Å². The van der Waals surface area contributed by atoms with Crippen LogP contribution in [0.2, 0.25) is 0 Å². The maximum Gasteiger partial charge on any atom is 0.0968 e. The van der Waals surface area contributed by atoms with Gasteiger partial charge in [-0.3, -0.25) is 4.99 Å². The Morgan fingerprint density at radius 2 is 2.23 bits per heavy atom. The molecule has 1 heterocycles. The Labute approximate surface area is 81.6 Å². The van der Waals surface area contributed by atoms with E-state index in [-0.39, 0.29) is 0 Å². The van der Waals surface area contributed by atoms with Crippen molar-refractivity contribution < 1.29 is 0 Å². The number of amidine groups is 1. The molecule has 1 unspecified atom stereocenters. The number of hydrogen-bond acceptors (Lipinski definition) is 2. The van der Waals surface area contributed by atoms with Crippen LogP contribution in [0.1, 0.15) is 51.9 Å². The summed E-state index contributed by atoms with van der Waals surface area (Å²) in [5.74, 6) is 1.52. The van der Waals surface area contributed by atoms with Crippen LogP contribution in [0.4, 0.5) is 0 Å². The zero-order valence-electron chi connectivity index (χ0n) is 8.76. The standard InChI is InChI=1S/C11H22N2/c1-2-3-4-5-7-10-8-6-9-13-11(10)12/h10H,2-9H2,1H3,(H2,12,13). The van der Waals surface area contributed by atoms with Crippen molar-refractivity contribution in [2.75, 3.05) is 6.54 Å². The number of aliphatic imine (C=N–C) groups is 1. The minimum Gasteiger partial charge on any atom is -0.387 e. The summed E-state index contributed by atoms with van der Waals surface area (Å²) in [4.78, 5) is 4.30. The Kier molecular flexibility index (Phi) is 4.87.